The lowest BCUT2D eigenvalue weighted by atomic mass is 10.1. The third kappa shape index (κ3) is 2.39. The van der Waals surface area contributed by atoms with Crippen LogP contribution in [-0.4, -0.2) is 24.4 Å². The van der Waals surface area contributed by atoms with E-state index in [9.17, 15) is 8.42 Å². The van der Waals surface area contributed by atoms with E-state index in [1.807, 2.05) is 12.1 Å². The van der Waals surface area contributed by atoms with Gasteiger partial charge in [-0.05, 0) is 17.7 Å². The second kappa shape index (κ2) is 4.79. The Morgan fingerprint density at radius 3 is 2.67 bits per heavy atom. The van der Waals surface area contributed by atoms with Gasteiger partial charge in [0.1, 0.15) is 0 Å². The van der Waals surface area contributed by atoms with Crippen molar-refractivity contribution in [3.05, 3.63) is 34.9 Å². The minimum atomic E-state index is -3.14. The van der Waals surface area contributed by atoms with Crippen LogP contribution < -0.4 is 5.73 Å². The molecule has 1 aliphatic carbocycles. The largest absolute Gasteiger partial charge is 0.393 e. The van der Waals surface area contributed by atoms with Gasteiger partial charge in [0.15, 0.2) is 9.84 Å². The molecule has 0 aromatic heterocycles. The van der Waals surface area contributed by atoms with E-state index < -0.39 is 15.1 Å². The molecule has 0 unspecified atom stereocenters. The van der Waals surface area contributed by atoms with E-state index >= 15 is 0 Å². The Balaban J connectivity index is 2.37. The maximum Gasteiger partial charge on any atom is 0.154 e. The van der Waals surface area contributed by atoms with Crippen molar-refractivity contribution in [2.75, 3.05) is 5.75 Å². The van der Waals surface area contributed by atoms with Crippen LogP contribution >= 0.6 is 23.8 Å². The molecule has 1 saturated carbocycles. The first-order valence-corrected chi connectivity index (χ1v) is 8.15. The van der Waals surface area contributed by atoms with Crippen molar-refractivity contribution in [2.24, 2.45) is 11.7 Å². The normalized spacial score (nSPS) is 26.9. The summed E-state index contributed by atoms with van der Waals surface area (Å²) in [6.45, 7) is 1.64. The first kappa shape index (κ1) is 13.8. The fourth-order valence-electron chi connectivity index (χ4n) is 2.37. The predicted octanol–water partition coefficient (Wildman–Crippen LogP) is 2.14. The summed E-state index contributed by atoms with van der Waals surface area (Å²) < 4.78 is 24.0. The fraction of sp³-hybridized carbons (Fsp3) is 0.417. The molecule has 3 nitrogen and oxygen atoms in total. The van der Waals surface area contributed by atoms with E-state index in [2.05, 4.69) is 0 Å². The van der Waals surface area contributed by atoms with Gasteiger partial charge in [-0.1, -0.05) is 42.9 Å². The van der Waals surface area contributed by atoms with Crippen LogP contribution in [0.25, 0.3) is 0 Å². The number of nitrogens with two attached hydrogens (primary N) is 1. The van der Waals surface area contributed by atoms with Gasteiger partial charge in [0.2, 0.25) is 0 Å². The summed E-state index contributed by atoms with van der Waals surface area (Å²) in [4.78, 5) is 0.266. The zero-order valence-electron chi connectivity index (χ0n) is 9.84. The molecule has 1 aromatic carbocycles. The fourth-order valence-corrected chi connectivity index (χ4v) is 4.78. The van der Waals surface area contributed by atoms with Gasteiger partial charge in [-0.15, -0.1) is 0 Å². The lowest BCUT2D eigenvalue weighted by molar-refractivity contribution is 0.594. The van der Waals surface area contributed by atoms with Crippen LogP contribution in [0.3, 0.4) is 0 Å². The maximum absolute atomic E-state index is 12.0. The van der Waals surface area contributed by atoms with E-state index in [-0.39, 0.29) is 22.6 Å². The molecule has 3 atom stereocenters. The molecule has 6 heteroatoms. The van der Waals surface area contributed by atoms with Crippen LogP contribution in [-0.2, 0) is 9.84 Å². The van der Waals surface area contributed by atoms with Gasteiger partial charge in [0.25, 0.3) is 0 Å². The topological polar surface area (TPSA) is 60.2 Å². The molecule has 2 N–H and O–H groups in total. The molecular formula is C12H14ClNO2S2. The van der Waals surface area contributed by atoms with Gasteiger partial charge in [-0.25, -0.2) is 8.42 Å². The highest BCUT2D eigenvalue weighted by Gasteiger charge is 2.59. The molecule has 2 rings (SSSR count). The minimum absolute atomic E-state index is 0.105. The molecule has 1 aliphatic rings. The number of rotatable bonds is 4. The smallest absolute Gasteiger partial charge is 0.154 e. The average molecular weight is 304 g/mol. The van der Waals surface area contributed by atoms with Crippen LogP contribution in [0.4, 0.5) is 0 Å². The van der Waals surface area contributed by atoms with E-state index in [1.54, 1.807) is 19.1 Å². The first-order chi connectivity index (χ1) is 8.38. The van der Waals surface area contributed by atoms with Gasteiger partial charge >= 0.3 is 0 Å². The molecule has 1 aromatic rings. The van der Waals surface area contributed by atoms with Gasteiger partial charge in [0.05, 0.1) is 10.2 Å². The molecule has 1 fully saturated rings. The predicted molar refractivity (Wildman–Crippen MR) is 77.7 cm³/mol. The van der Waals surface area contributed by atoms with Crippen molar-refractivity contribution in [2.45, 2.75) is 18.1 Å². The molecule has 0 spiro atoms. The summed E-state index contributed by atoms with van der Waals surface area (Å²) in [5.41, 5.74) is 6.53. The van der Waals surface area contributed by atoms with Crippen molar-refractivity contribution in [3.8, 4) is 0 Å². The zero-order chi connectivity index (χ0) is 13.5. The molecule has 0 aliphatic heterocycles. The third-order valence-electron chi connectivity index (χ3n) is 3.33. The van der Waals surface area contributed by atoms with Crippen LogP contribution in [0.5, 0.6) is 0 Å². The van der Waals surface area contributed by atoms with Gasteiger partial charge in [0, 0.05) is 22.6 Å². The Morgan fingerprint density at radius 1 is 1.50 bits per heavy atom. The highest BCUT2D eigenvalue weighted by molar-refractivity contribution is 7.92. The quantitative estimate of drug-likeness (QED) is 0.866. The monoisotopic (exact) mass is 303 g/mol. The van der Waals surface area contributed by atoms with Crippen molar-refractivity contribution in [3.63, 3.8) is 0 Å². The summed E-state index contributed by atoms with van der Waals surface area (Å²) in [6, 6.07) is 7.21. The summed E-state index contributed by atoms with van der Waals surface area (Å²) >= 11 is 10.9. The highest BCUT2D eigenvalue weighted by atomic mass is 35.5. The molecule has 0 bridgehead atoms. The second-order valence-corrected chi connectivity index (χ2v) is 7.78. The molecule has 18 heavy (non-hydrogen) atoms. The molecule has 98 valence electrons. The van der Waals surface area contributed by atoms with E-state index in [0.29, 0.717) is 5.02 Å². The van der Waals surface area contributed by atoms with Crippen molar-refractivity contribution >= 4 is 38.6 Å². The number of thiocarbonyl (C=S) groups is 1. The number of halogens is 1. The zero-order valence-corrected chi connectivity index (χ0v) is 12.2. The summed E-state index contributed by atoms with van der Waals surface area (Å²) in [7, 11) is -3.14. The van der Waals surface area contributed by atoms with Crippen LogP contribution in [0.15, 0.2) is 24.3 Å². The maximum atomic E-state index is 12.0. The Bertz CT molecular complexity index is 585. The molecular weight excluding hydrogens is 290 g/mol. The number of hydrogen-bond donors (Lipinski definition) is 1. The van der Waals surface area contributed by atoms with Gasteiger partial charge in [-0.3, -0.25) is 0 Å². The Labute approximate surface area is 117 Å². The van der Waals surface area contributed by atoms with Crippen LogP contribution in [0, 0.1) is 5.92 Å². The Hall–Kier alpha value is -0.650. The minimum Gasteiger partial charge on any atom is -0.393 e. The molecule has 0 amide bonds. The molecule has 0 heterocycles. The lowest BCUT2D eigenvalue weighted by Gasteiger charge is -2.01. The Morgan fingerprint density at radius 2 is 2.17 bits per heavy atom. The van der Waals surface area contributed by atoms with Crippen LogP contribution in [0.2, 0.25) is 5.02 Å². The van der Waals surface area contributed by atoms with E-state index in [4.69, 9.17) is 29.6 Å². The SMILES string of the molecule is CCS(=O)(=O)[C@@H]1[C@@H](C(N)=S)[C@@H]1c1cccc(Cl)c1. The summed E-state index contributed by atoms with van der Waals surface area (Å²) in [6.07, 6.45) is 0. The summed E-state index contributed by atoms with van der Waals surface area (Å²) in [5.74, 6) is -0.303. The lowest BCUT2D eigenvalue weighted by Crippen LogP contribution is -2.18. The molecule has 0 radical (unpaired) electrons. The van der Waals surface area contributed by atoms with Crippen molar-refractivity contribution < 1.29 is 8.42 Å². The Kier molecular flexibility index (Phi) is 3.67. The third-order valence-corrected chi connectivity index (χ3v) is 6.06. The van der Waals surface area contributed by atoms with E-state index in [0.717, 1.165) is 5.56 Å². The number of benzene rings is 1. The van der Waals surface area contributed by atoms with Crippen molar-refractivity contribution in [1.82, 2.24) is 0 Å². The van der Waals surface area contributed by atoms with E-state index in [1.165, 1.54) is 0 Å². The van der Waals surface area contributed by atoms with Gasteiger partial charge < -0.3 is 5.73 Å². The summed E-state index contributed by atoms with van der Waals surface area (Å²) in [5, 5.41) is 0.104. The standard InChI is InChI=1S/C12H14ClNO2S2/c1-2-18(15,16)11-9(10(11)12(14)17)7-4-3-5-8(13)6-7/h3-6,9-11H,2H2,1H3,(H2,14,17)/t9-,10-,11-/m0/s1. The van der Waals surface area contributed by atoms with Crippen LogP contribution in [0.1, 0.15) is 18.4 Å². The van der Waals surface area contributed by atoms with Crippen molar-refractivity contribution in [1.29, 1.82) is 0 Å². The molecule has 0 saturated heterocycles. The second-order valence-electron chi connectivity index (χ2n) is 4.43. The van der Waals surface area contributed by atoms with Gasteiger partial charge in [-0.2, -0.15) is 0 Å². The first-order valence-electron chi connectivity index (χ1n) is 5.65. The average Bonchev–Trinajstić information content (AvgIpc) is 3.05. The number of hydrogen-bond acceptors (Lipinski definition) is 3. The number of sulfone groups is 1. The highest BCUT2D eigenvalue weighted by Crippen LogP contribution is 2.52.